The Morgan fingerprint density at radius 3 is 2.63 bits per heavy atom. The van der Waals surface area contributed by atoms with Crippen molar-refractivity contribution in [2.75, 3.05) is 6.54 Å². The molecular formula is C19H23ClN6O. The number of amides is 1. The summed E-state index contributed by atoms with van der Waals surface area (Å²) in [5, 5.41) is 12.2. The average molecular weight is 387 g/mol. The van der Waals surface area contributed by atoms with Gasteiger partial charge < -0.3 is 5.32 Å². The molecule has 8 heteroatoms. The first-order chi connectivity index (χ1) is 12.8. The van der Waals surface area contributed by atoms with Crippen molar-refractivity contribution in [1.82, 2.24) is 29.9 Å². The summed E-state index contributed by atoms with van der Waals surface area (Å²) in [5.74, 6) is 0.650. The maximum atomic E-state index is 12.4. The molecule has 0 aliphatic carbocycles. The van der Waals surface area contributed by atoms with Crippen LogP contribution >= 0.6 is 11.6 Å². The largest absolute Gasteiger partial charge is 0.349 e. The van der Waals surface area contributed by atoms with Crippen LogP contribution in [0.25, 0.3) is 5.69 Å². The third-order valence-corrected chi connectivity index (χ3v) is 4.57. The molecule has 0 spiro atoms. The third kappa shape index (κ3) is 4.36. The topological polar surface area (TPSA) is 77.6 Å². The van der Waals surface area contributed by atoms with E-state index in [2.05, 4.69) is 27.4 Å². The zero-order valence-electron chi connectivity index (χ0n) is 15.9. The fraction of sp³-hybridized carbons (Fsp3) is 0.368. The summed E-state index contributed by atoms with van der Waals surface area (Å²) in [6.07, 6.45) is 0. The lowest BCUT2D eigenvalue weighted by Gasteiger charge is -2.13. The molecular weight excluding hydrogens is 364 g/mol. The van der Waals surface area contributed by atoms with E-state index in [1.165, 1.54) is 0 Å². The van der Waals surface area contributed by atoms with Gasteiger partial charge in [0.1, 0.15) is 5.82 Å². The van der Waals surface area contributed by atoms with Crippen LogP contribution in [0.4, 0.5) is 0 Å². The van der Waals surface area contributed by atoms with Crippen LogP contribution in [0.1, 0.15) is 34.8 Å². The predicted octanol–water partition coefficient (Wildman–Crippen LogP) is 3.11. The first-order valence-corrected chi connectivity index (χ1v) is 9.20. The van der Waals surface area contributed by atoms with Crippen LogP contribution in [0.2, 0.25) is 5.02 Å². The van der Waals surface area contributed by atoms with Gasteiger partial charge >= 0.3 is 0 Å². The molecule has 2 heterocycles. The van der Waals surface area contributed by atoms with Gasteiger partial charge in [-0.2, -0.15) is 5.10 Å². The van der Waals surface area contributed by atoms with Crippen LogP contribution in [-0.2, 0) is 6.54 Å². The van der Waals surface area contributed by atoms with Crippen LogP contribution in [0.3, 0.4) is 0 Å². The Kier molecular flexibility index (Phi) is 5.60. The fourth-order valence-corrected chi connectivity index (χ4v) is 3.12. The summed E-state index contributed by atoms with van der Waals surface area (Å²) in [7, 11) is 0. The highest BCUT2D eigenvalue weighted by atomic mass is 35.5. The lowest BCUT2D eigenvalue weighted by Crippen LogP contribution is -2.31. The lowest BCUT2D eigenvalue weighted by atomic mass is 10.2. The molecule has 3 aromatic rings. The SMILES string of the molecule is Cc1cc(C)n(CC(C)CNC(=O)c2nc(C)n(-c3ccccc3Cl)n2)n1. The average Bonchev–Trinajstić information content (AvgIpc) is 3.15. The summed E-state index contributed by atoms with van der Waals surface area (Å²) in [6.45, 7) is 9.10. The first kappa shape index (κ1) is 19.1. The van der Waals surface area contributed by atoms with Gasteiger partial charge in [-0.25, -0.2) is 9.67 Å². The number of hydrogen-bond donors (Lipinski definition) is 1. The number of carbonyl (C=O) groups excluding carboxylic acids is 1. The van der Waals surface area contributed by atoms with Crippen LogP contribution in [0.15, 0.2) is 30.3 Å². The van der Waals surface area contributed by atoms with Crippen LogP contribution in [-0.4, -0.2) is 37.0 Å². The van der Waals surface area contributed by atoms with Gasteiger partial charge in [0, 0.05) is 18.8 Å². The third-order valence-electron chi connectivity index (χ3n) is 4.25. The summed E-state index contributed by atoms with van der Waals surface area (Å²) < 4.78 is 3.54. The number of carbonyl (C=O) groups is 1. The van der Waals surface area contributed by atoms with Crippen molar-refractivity contribution in [3.63, 3.8) is 0 Å². The predicted molar refractivity (Wildman–Crippen MR) is 104 cm³/mol. The molecule has 1 amide bonds. The maximum absolute atomic E-state index is 12.4. The molecule has 0 radical (unpaired) electrons. The summed E-state index contributed by atoms with van der Waals surface area (Å²) in [6, 6.07) is 9.36. The van der Waals surface area contributed by atoms with Crippen LogP contribution in [0, 0.1) is 26.7 Å². The van der Waals surface area contributed by atoms with E-state index in [1.54, 1.807) is 17.7 Å². The van der Waals surface area contributed by atoms with Crippen molar-refractivity contribution in [1.29, 1.82) is 0 Å². The van der Waals surface area contributed by atoms with Gasteiger partial charge in [-0.05, 0) is 44.9 Å². The number of benzene rings is 1. The molecule has 1 aromatic carbocycles. The van der Waals surface area contributed by atoms with Gasteiger partial charge in [-0.15, -0.1) is 5.10 Å². The number of halogens is 1. The van der Waals surface area contributed by atoms with Gasteiger partial charge in [0.05, 0.1) is 16.4 Å². The molecule has 0 fully saturated rings. The zero-order chi connectivity index (χ0) is 19.6. The first-order valence-electron chi connectivity index (χ1n) is 8.83. The number of rotatable bonds is 6. The molecule has 3 rings (SSSR count). The lowest BCUT2D eigenvalue weighted by molar-refractivity contribution is 0.0936. The van der Waals surface area contributed by atoms with E-state index in [9.17, 15) is 4.79 Å². The Labute approximate surface area is 163 Å². The van der Waals surface area contributed by atoms with E-state index in [4.69, 9.17) is 11.6 Å². The van der Waals surface area contributed by atoms with Crippen molar-refractivity contribution in [2.45, 2.75) is 34.2 Å². The van der Waals surface area contributed by atoms with Crippen molar-refractivity contribution >= 4 is 17.5 Å². The molecule has 7 nitrogen and oxygen atoms in total. The summed E-state index contributed by atoms with van der Waals surface area (Å²) in [5.41, 5.74) is 2.80. The Hall–Kier alpha value is -2.67. The summed E-state index contributed by atoms with van der Waals surface area (Å²) in [4.78, 5) is 16.7. The highest BCUT2D eigenvalue weighted by Crippen LogP contribution is 2.20. The Morgan fingerprint density at radius 1 is 1.22 bits per heavy atom. The minimum absolute atomic E-state index is 0.130. The van der Waals surface area contributed by atoms with E-state index in [-0.39, 0.29) is 17.6 Å². The van der Waals surface area contributed by atoms with Gasteiger partial charge in [-0.3, -0.25) is 9.48 Å². The van der Waals surface area contributed by atoms with Crippen LogP contribution < -0.4 is 5.32 Å². The van der Waals surface area contributed by atoms with Gasteiger partial charge in [0.2, 0.25) is 5.82 Å². The minimum atomic E-state index is -0.302. The van der Waals surface area contributed by atoms with E-state index < -0.39 is 0 Å². The molecule has 0 bridgehead atoms. The highest BCUT2D eigenvalue weighted by molar-refractivity contribution is 6.32. The van der Waals surface area contributed by atoms with E-state index in [0.717, 1.165) is 17.9 Å². The second-order valence-corrected chi connectivity index (χ2v) is 7.18. The Morgan fingerprint density at radius 2 is 1.96 bits per heavy atom. The molecule has 27 heavy (non-hydrogen) atoms. The number of nitrogens with zero attached hydrogens (tertiary/aromatic N) is 5. The number of nitrogens with one attached hydrogen (secondary N) is 1. The number of aryl methyl sites for hydroxylation is 3. The quantitative estimate of drug-likeness (QED) is 0.706. The molecule has 142 valence electrons. The minimum Gasteiger partial charge on any atom is -0.349 e. The second-order valence-electron chi connectivity index (χ2n) is 6.77. The van der Waals surface area contributed by atoms with E-state index in [1.807, 2.05) is 42.8 Å². The molecule has 0 saturated heterocycles. The van der Waals surface area contributed by atoms with Crippen molar-refractivity contribution in [2.24, 2.45) is 5.92 Å². The standard InChI is InChI=1S/C19H23ClN6O/c1-12(11-25-14(3)9-13(2)23-25)10-21-19(27)18-22-15(4)26(24-18)17-8-6-5-7-16(17)20/h5-9,12H,10-11H2,1-4H3,(H,21,27). The Bertz CT molecular complexity index is 961. The summed E-state index contributed by atoms with van der Waals surface area (Å²) >= 11 is 6.22. The molecule has 2 aromatic heterocycles. The normalized spacial score (nSPS) is 12.2. The number of aromatic nitrogens is 5. The molecule has 1 unspecified atom stereocenters. The molecule has 0 aliphatic heterocycles. The zero-order valence-corrected chi connectivity index (χ0v) is 16.7. The molecule has 0 aliphatic rings. The van der Waals surface area contributed by atoms with Crippen LogP contribution in [0.5, 0.6) is 0 Å². The van der Waals surface area contributed by atoms with Gasteiger partial charge in [0.15, 0.2) is 0 Å². The number of hydrogen-bond acceptors (Lipinski definition) is 4. The van der Waals surface area contributed by atoms with Crippen molar-refractivity contribution in [3.05, 3.63) is 58.4 Å². The number of para-hydroxylation sites is 1. The van der Waals surface area contributed by atoms with Crippen molar-refractivity contribution < 1.29 is 4.79 Å². The van der Waals surface area contributed by atoms with Gasteiger partial charge in [-0.1, -0.05) is 30.7 Å². The second kappa shape index (κ2) is 7.92. The van der Waals surface area contributed by atoms with E-state index >= 15 is 0 Å². The fourth-order valence-electron chi connectivity index (χ4n) is 2.90. The maximum Gasteiger partial charge on any atom is 0.290 e. The molecule has 0 saturated carbocycles. The molecule has 1 N–H and O–H groups in total. The highest BCUT2D eigenvalue weighted by Gasteiger charge is 2.17. The Balaban J connectivity index is 1.64. The smallest absolute Gasteiger partial charge is 0.290 e. The van der Waals surface area contributed by atoms with Crippen molar-refractivity contribution in [3.8, 4) is 5.69 Å². The molecule has 1 atom stereocenters. The van der Waals surface area contributed by atoms with Gasteiger partial charge in [0.25, 0.3) is 5.91 Å². The van der Waals surface area contributed by atoms with E-state index in [0.29, 0.717) is 23.1 Å². The monoisotopic (exact) mass is 386 g/mol.